The molecule has 0 radical (unpaired) electrons. The molecule has 10 aromatic carbocycles. The van der Waals surface area contributed by atoms with Crippen LogP contribution in [0.15, 0.2) is 371 Å². The van der Waals surface area contributed by atoms with Crippen molar-refractivity contribution in [3.63, 3.8) is 0 Å². The molecule has 34 rings (SSSR count). The lowest BCUT2D eigenvalue weighted by atomic mass is 10.2. The van der Waals surface area contributed by atoms with Crippen molar-refractivity contribution < 1.29 is 0 Å². The number of nitrogens with zero attached hydrogens (tertiary/aromatic N) is 33. The van der Waals surface area contributed by atoms with Gasteiger partial charge in [0.15, 0.2) is 16.9 Å². The third-order valence-electron chi connectivity index (χ3n) is 27.5. The number of aryl methyl sites for hydroxylation is 8. The third kappa shape index (κ3) is 13.1. The van der Waals surface area contributed by atoms with E-state index in [4.69, 9.17) is 9.97 Å². The highest BCUT2D eigenvalue weighted by Gasteiger charge is 2.23. The van der Waals surface area contributed by atoms with Crippen LogP contribution in [0.5, 0.6) is 0 Å². The van der Waals surface area contributed by atoms with Crippen LogP contribution in [-0.4, -0.2) is 156 Å². The Hall–Kier alpha value is -20.1. The fourth-order valence-corrected chi connectivity index (χ4v) is 20.7. The molecular weight excluding hydrogens is 1810 g/mol. The topological polar surface area (TPSA) is 285 Å². The average Bonchev–Trinajstić information content (AvgIpc) is 1.46. The molecule has 145 heavy (non-hydrogen) atoms. The van der Waals surface area contributed by atoms with Gasteiger partial charge >= 0.3 is 0 Å². The van der Waals surface area contributed by atoms with Crippen molar-refractivity contribution >= 4 is 240 Å². The van der Waals surface area contributed by atoms with Crippen molar-refractivity contribution in [3.05, 3.63) is 371 Å². The first-order chi connectivity index (χ1) is 71.3. The van der Waals surface area contributed by atoms with E-state index in [2.05, 4.69) is 281 Å². The van der Waals surface area contributed by atoms with Crippen molar-refractivity contribution in [1.82, 2.24) is 156 Å². The minimum absolute atomic E-state index is 0.868. The number of benzene rings is 10. The van der Waals surface area contributed by atoms with E-state index in [0.717, 1.165) is 212 Å². The summed E-state index contributed by atoms with van der Waals surface area (Å²) in [6.45, 7) is 0. The number of rotatable bonds is 0. The minimum atomic E-state index is 0.868. The molecule has 0 amide bonds. The summed E-state index contributed by atoms with van der Waals surface area (Å²) in [4.78, 5) is 72.2. The van der Waals surface area contributed by atoms with Crippen LogP contribution in [0.1, 0.15) is 0 Å². The number of hydrogen-bond acceptors (Lipinski definition) is 16. The molecule has 24 heterocycles. The maximum absolute atomic E-state index is 4.90. The van der Waals surface area contributed by atoms with Crippen LogP contribution >= 0.6 is 0 Å². The molecule has 33 heteroatoms. The van der Waals surface area contributed by atoms with Gasteiger partial charge in [0.2, 0.25) is 52.0 Å². The predicted molar refractivity (Wildman–Crippen MR) is 573 cm³/mol. The van der Waals surface area contributed by atoms with E-state index in [-0.39, 0.29) is 0 Å². The van der Waals surface area contributed by atoms with E-state index in [0.29, 0.717) is 0 Å². The molecule has 0 spiro atoms. The fourth-order valence-electron chi connectivity index (χ4n) is 20.7. The summed E-state index contributed by atoms with van der Waals surface area (Å²) in [5.74, 6) is 8.34. The van der Waals surface area contributed by atoms with Crippen LogP contribution in [0.3, 0.4) is 0 Å². The normalized spacial score (nSPS) is 11.9. The molecule has 34 aromatic rings. The summed E-state index contributed by atoms with van der Waals surface area (Å²) in [6.07, 6.45) is 20.1. The summed E-state index contributed by atoms with van der Waals surface area (Å²) in [5, 5.41) is 0. The number of imidazole rings is 16. The fraction of sp³-hybridized carbons (Fsp3) is 0.0714. The van der Waals surface area contributed by atoms with E-state index < -0.39 is 0 Å². The van der Waals surface area contributed by atoms with Crippen molar-refractivity contribution in [2.24, 2.45) is 56.4 Å². The van der Waals surface area contributed by atoms with Crippen LogP contribution in [-0.2, 0) is 56.4 Å². The molecule has 0 saturated heterocycles. The molecule has 0 aliphatic carbocycles. The highest BCUT2D eigenvalue weighted by Crippen LogP contribution is 2.35. The summed E-state index contributed by atoms with van der Waals surface area (Å²) in [7, 11) is 16.2. The molecule has 0 saturated carbocycles. The number of fused-ring (bicyclic) bond motifs is 44. The van der Waals surface area contributed by atoms with E-state index in [1.54, 1.807) is 24.8 Å². The molecule has 0 aliphatic heterocycles. The smallest absolute Gasteiger partial charge is 0.218 e. The highest BCUT2D eigenvalue weighted by atomic mass is 15.3. The Balaban J connectivity index is 0.0000000827. The zero-order valence-corrected chi connectivity index (χ0v) is 79.5. The monoisotopic (exact) mass is 1890 g/mol. The van der Waals surface area contributed by atoms with Gasteiger partial charge in [-0.1, -0.05) is 121 Å². The number of hydrogen-bond donors (Lipinski definition) is 0. The maximum atomic E-state index is 4.90. The van der Waals surface area contributed by atoms with E-state index >= 15 is 0 Å². The van der Waals surface area contributed by atoms with Gasteiger partial charge in [0, 0.05) is 99.8 Å². The van der Waals surface area contributed by atoms with Gasteiger partial charge in [-0.25, -0.2) is 59.8 Å². The lowest BCUT2D eigenvalue weighted by Crippen LogP contribution is -1.97. The second-order valence-electron chi connectivity index (χ2n) is 35.6. The van der Waals surface area contributed by atoms with E-state index in [1.165, 1.54) is 27.6 Å². The minimum Gasteiger partial charge on any atom is -0.313 e. The molecule has 698 valence electrons. The number of pyridine rings is 7. The highest BCUT2D eigenvalue weighted by molar-refractivity contribution is 5.99. The second-order valence-corrected chi connectivity index (χ2v) is 35.6. The van der Waals surface area contributed by atoms with Gasteiger partial charge in [0.05, 0.1) is 185 Å². The lowest BCUT2D eigenvalue weighted by Gasteiger charge is -2.00. The molecule has 0 atom stereocenters. The van der Waals surface area contributed by atoms with Crippen LogP contribution in [0.25, 0.3) is 240 Å². The standard InChI is InChI=1S/C21H15N5.7C13H10N4/c1-24-20-22-14-8-2-4-10-16(14)25(20)18-12-6-7-13-19(18)26-17-11-5-3-9-15(17)23-21(24)26;1-16-10-6-2-3-7-11(10)17-12-9(15-13(16)17)5-4-8-14-12;1-16-12-11(7-4-8-14-12)17-10-6-3-2-5-9(10)15-13(16)17;1-16-11-7-4-8-14-12(11)17-10-6-3-2-5-9(10)15-13(16)17;1-16-11-4-2-3-5-12(11)17-10-6-7-14-8-9(10)15-13(16)17;1-16-10-4-2-3-5-11(10)17-12-8-14-7-6-9(12)15-13(16)17;1-16-12-8-14-7-6-11(12)17-10-5-3-2-4-9(10)15-13(16)17;1-16-11-6-7-14-8-12(11)17-10-5-3-2-4-9(10)15-13(16)17/h2-13H,1H3;7*2-8H,1H3. The van der Waals surface area contributed by atoms with Gasteiger partial charge < -0.3 is 27.4 Å². The molecule has 0 bridgehead atoms. The lowest BCUT2D eigenvalue weighted by molar-refractivity contribution is 0.913. The van der Waals surface area contributed by atoms with Gasteiger partial charge in [-0.05, 0) is 182 Å². The van der Waals surface area contributed by atoms with Crippen molar-refractivity contribution in [2.75, 3.05) is 0 Å². The Bertz CT molecular complexity index is 9660. The summed E-state index contributed by atoms with van der Waals surface area (Å²) in [6, 6.07) is 102. The molecule has 0 fully saturated rings. The van der Waals surface area contributed by atoms with Gasteiger partial charge in [-0.2, -0.15) is 0 Å². The van der Waals surface area contributed by atoms with Crippen LogP contribution < -0.4 is 0 Å². The van der Waals surface area contributed by atoms with Gasteiger partial charge in [0.25, 0.3) is 0 Å². The first-order valence-electron chi connectivity index (χ1n) is 47.3. The summed E-state index contributed by atoms with van der Waals surface area (Å²) in [5.41, 5.74) is 36.5. The first kappa shape index (κ1) is 84.2. The molecule has 0 unspecified atom stereocenters. The zero-order chi connectivity index (χ0) is 97.1. The van der Waals surface area contributed by atoms with E-state index in [9.17, 15) is 0 Å². The second kappa shape index (κ2) is 33.3. The van der Waals surface area contributed by atoms with E-state index in [1.807, 2.05) is 268 Å². The summed E-state index contributed by atoms with van der Waals surface area (Å²) >= 11 is 0. The largest absolute Gasteiger partial charge is 0.313 e. The Labute approximate surface area is 818 Å². The van der Waals surface area contributed by atoms with Crippen molar-refractivity contribution in [1.29, 1.82) is 0 Å². The van der Waals surface area contributed by atoms with Gasteiger partial charge in [-0.15, -0.1) is 0 Å². The zero-order valence-electron chi connectivity index (χ0n) is 79.5. The predicted octanol–water partition coefficient (Wildman–Crippen LogP) is 21.0. The van der Waals surface area contributed by atoms with Crippen molar-refractivity contribution in [2.45, 2.75) is 0 Å². The van der Waals surface area contributed by atoms with Gasteiger partial charge in [-0.3, -0.25) is 68.7 Å². The quantitative estimate of drug-likeness (QED) is 0.136. The molecule has 33 nitrogen and oxygen atoms in total. The Kier molecular flexibility index (Phi) is 19.4. The van der Waals surface area contributed by atoms with Crippen LogP contribution in [0.4, 0.5) is 0 Å². The molecular formula is C112H85N33. The van der Waals surface area contributed by atoms with Gasteiger partial charge in [0.1, 0.15) is 11.0 Å². The average molecular weight is 1890 g/mol. The Morgan fingerprint density at radius 3 is 0.814 bits per heavy atom. The number of para-hydroxylation sites is 20. The molecule has 0 N–H and O–H groups in total. The Morgan fingerprint density at radius 2 is 0.359 bits per heavy atom. The van der Waals surface area contributed by atoms with Crippen molar-refractivity contribution in [3.8, 4) is 0 Å². The SMILES string of the molecule is Cn1c2ccccc2n2c3ccncc3nc12.Cn1c2ccccc2n2c3cnccc3nc12.Cn1c2ccccc2n2c3ncccc3nc12.Cn1c2cccnc2n2c3ccccc3nc12.Cn1c2ccncc2n2c3ccccc3nc12.Cn1c2cnccc2n2c3ccccc3nc12.Cn1c2nc3ccccc3n2c2ccccc2n2c3ccccc3nc12.Cn1c2ncccc2n2c3ccccc3nc12. The third-order valence-corrected chi connectivity index (χ3v) is 27.5. The van der Waals surface area contributed by atoms with Crippen LogP contribution in [0, 0.1) is 0 Å². The van der Waals surface area contributed by atoms with Crippen LogP contribution in [0.2, 0.25) is 0 Å². The summed E-state index contributed by atoms with van der Waals surface area (Å²) < 4.78 is 36.1. The maximum Gasteiger partial charge on any atom is 0.218 e. The molecule has 24 aromatic heterocycles. The number of aromatic nitrogens is 33. The molecule has 0 aliphatic rings. The Morgan fingerprint density at radius 1 is 0.131 bits per heavy atom. The first-order valence-corrected chi connectivity index (χ1v) is 47.3.